The lowest BCUT2D eigenvalue weighted by Gasteiger charge is -1.98. The number of nitrogens with zero attached hydrogens (tertiary/aromatic N) is 2. The van der Waals surface area contributed by atoms with Gasteiger partial charge in [-0.15, -0.1) is 11.3 Å². The fourth-order valence-corrected chi connectivity index (χ4v) is 2.77. The summed E-state index contributed by atoms with van der Waals surface area (Å²) in [6, 6.07) is 15.9. The Hall–Kier alpha value is -2.17. The first-order chi connectivity index (χ1) is 10.7. The van der Waals surface area contributed by atoms with Crippen LogP contribution < -0.4 is 5.43 Å². The Bertz CT molecular complexity index is 794. The quantitative estimate of drug-likeness (QED) is 0.527. The summed E-state index contributed by atoms with van der Waals surface area (Å²) in [7, 11) is 0. The van der Waals surface area contributed by atoms with Gasteiger partial charge in [-0.2, -0.15) is 5.10 Å². The molecule has 0 aliphatic heterocycles. The van der Waals surface area contributed by atoms with Gasteiger partial charge in [-0.1, -0.05) is 59.6 Å². The highest BCUT2D eigenvalue weighted by Gasteiger charge is 2.03. The molecule has 3 aromatic rings. The van der Waals surface area contributed by atoms with E-state index in [0.29, 0.717) is 5.02 Å². The predicted molar refractivity (Wildman–Crippen MR) is 95.0 cm³/mol. The average Bonchev–Trinajstić information content (AvgIpc) is 2.99. The maximum Gasteiger partial charge on any atom is 0.203 e. The Kier molecular flexibility index (Phi) is 4.51. The Morgan fingerprint density at radius 3 is 2.68 bits per heavy atom. The van der Waals surface area contributed by atoms with E-state index < -0.39 is 0 Å². The minimum Gasteiger partial charge on any atom is -0.253 e. The second-order valence-corrected chi connectivity index (χ2v) is 6.06. The summed E-state index contributed by atoms with van der Waals surface area (Å²) in [5.74, 6) is 0. The normalized spacial score (nSPS) is 11.0. The number of rotatable bonds is 4. The van der Waals surface area contributed by atoms with Crippen LogP contribution in [0.25, 0.3) is 11.3 Å². The molecule has 1 heterocycles. The molecule has 0 saturated carbocycles. The molecule has 3 rings (SSSR count). The molecule has 5 heteroatoms. The monoisotopic (exact) mass is 327 g/mol. The summed E-state index contributed by atoms with van der Waals surface area (Å²) in [6.07, 6.45) is 1.69. The van der Waals surface area contributed by atoms with Gasteiger partial charge in [-0.05, 0) is 13.0 Å². The van der Waals surface area contributed by atoms with Gasteiger partial charge in [-0.25, -0.2) is 4.98 Å². The molecule has 0 aliphatic carbocycles. The lowest BCUT2D eigenvalue weighted by molar-refractivity contribution is 1.29. The molecule has 0 saturated heterocycles. The highest BCUT2D eigenvalue weighted by Crippen LogP contribution is 2.25. The maximum atomic E-state index is 6.07. The number of hydrazone groups is 1. The second kappa shape index (κ2) is 6.73. The van der Waals surface area contributed by atoms with Crippen LogP contribution in [0.15, 0.2) is 59.0 Å². The van der Waals surface area contributed by atoms with Crippen LogP contribution in [0.3, 0.4) is 0 Å². The Balaban J connectivity index is 1.70. The van der Waals surface area contributed by atoms with E-state index in [1.165, 1.54) is 16.9 Å². The van der Waals surface area contributed by atoms with Gasteiger partial charge in [0.05, 0.1) is 11.9 Å². The summed E-state index contributed by atoms with van der Waals surface area (Å²) < 4.78 is 0. The molecule has 1 aromatic heterocycles. The van der Waals surface area contributed by atoms with Crippen molar-refractivity contribution >= 4 is 34.3 Å². The van der Waals surface area contributed by atoms with Crippen molar-refractivity contribution in [2.45, 2.75) is 6.92 Å². The van der Waals surface area contributed by atoms with Crippen molar-refractivity contribution in [2.24, 2.45) is 5.10 Å². The first-order valence-corrected chi connectivity index (χ1v) is 8.04. The standard InChI is InChI=1S/C17H14ClN3S/c1-12-6-8-13(9-7-12)16-11-22-17(20-16)21-19-10-14-4-2-3-5-15(14)18/h2-11H,1H3,(H,20,21)/b19-10+. The van der Waals surface area contributed by atoms with Gasteiger partial charge in [0.2, 0.25) is 5.13 Å². The summed E-state index contributed by atoms with van der Waals surface area (Å²) in [6.45, 7) is 2.07. The van der Waals surface area contributed by atoms with Crippen LogP contribution in [0.5, 0.6) is 0 Å². The number of halogens is 1. The maximum absolute atomic E-state index is 6.07. The highest BCUT2D eigenvalue weighted by molar-refractivity contribution is 7.14. The third-order valence-electron chi connectivity index (χ3n) is 3.12. The third kappa shape index (κ3) is 3.53. The molecule has 0 radical (unpaired) electrons. The summed E-state index contributed by atoms with van der Waals surface area (Å²) in [4.78, 5) is 4.52. The molecule has 0 spiro atoms. The van der Waals surface area contributed by atoms with E-state index in [1.54, 1.807) is 6.21 Å². The molecule has 0 unspecified atom stereocenters. The summed E-state index contributed by atoms with van der Waals surface area (Å²) >= 11 is 7.59. The second-order valence-electron chi connectivity index (χ2n) is 4.80. The van der Waals surface area contributed by atoms with Crippen molar-refractivity contribution < 1.29 is 0 Å². The van der Waals surface area contributed by atoms with Crippen LogP contribution in [-0.2, 0) is 0 Å². The van der Waals surface area contributed by atoms with E-state index in [9.17, 15) is 0 Å². The zero-order chi connectivity index (χ0) is 15.4. The largest absolute Gasteiger partial charge is 0.253 e. The zero-order valence-corrected chi connectivity index (χ0v) is 13.5. The molecule has 0 bridgehead atoms. The van der Waals surface area contributed by atoms with E-state index >= 15 is 0 Å². The number of hydrogen-bond acceptors (Lipinski definition) is 4. The van der Waals surface area contributed by atoms with Crippen molar-refractivity contribution in [1.29, 1.82) is 0 Å². The van der Waals surface area contributed by atoms with Crippen molar-refractivity contribution in [3.63, 3.8) is 0 Å². The minimum absolute atomic E-state index is 0.674. The van der Waals surface area contributed by atoms with Crippen LogP contribution in [0, 0.1) is 6.92 Å². The van der Waals surface area contributed by atoms with Crippen LogP contribution >= 0.6 is 22.9 Å². The fourth-order valence-electron chi connectivity index (χ4n) is 1.92. The molecule has 0 aliphatic rings. The van der Waals surface area contributed by atoms with Gasteiger partial charge < -0.3 is 0 Å². The number of nitrogens with one attached hydrogen (secondary N) is 1. The lowest BCUT2D eigenvalue weighted by Crippen LogP contribution is -1.90. The smallest absolute Gasteiger partial charge is 0.203 e. The van der Waals surface area contributed by atoms with Crippen LogP contribution in [-0.4, -0.2) is 11.2 Å². The van der Waals surface area contributed by atoms with Gasteiger partial charge in [-0.3, -0.25) is 5.43 Å². The van der Waals surface area contributed by atoms with Crippen LogP contribution in [0.4, 0.5) is 5.13 Å². The topological polar surface area (TPSA) is 37.3 Å². The first kappa shape index (κ1) is 14.8. The molecule has 22 heavy (non-hydrogen) atoms. The number of aromatic nitrogens is 1. The molecule has 0 atom stereocenters. The van der Waals surface area contributed by atoms with E-state index in [-0.39, 0.29) is 0 Å². The van der Waals surface area contributed by atoms with E-state index in [1.807, 2.05) is 29.6 Å². The zero-order valence-electron chi connectivity index (χ0n) is 12.0. The highest BCUT2D eigenvalue weighted by atomic mass is 35.5. The molecular weight excluding hydrogens is 314 g/mol. The fraction of sp³-hybridized carbons (Fsp3) is 0.0588. The molecule has 110 valence electrons. The van der Waals surface area contributed by atoms with E-state index in [4.69, 9.17) is 11.6 Å². The van der Waals surface area contributed by atoms with Crippen LogP contribution in [0.1, 0.15) is 11.1 Å². The van der Waals surface area contributed by atoms with E-state index in [0.717, 1.165) is 22.0 Å². The van der Waals surface area contributed by atoms with Crippen molar-refractivity contribution in [3.05, 3.63) is 70.1 Å². The molecule has 2 aromatic carbocycles. The molecule has 0 amide bonds. The molecule has 0 fully saturated rings. The molecule has 1 N–H and O–H groups in total. The van der Waals surface area contributed by atoms with Gasteiger partial charge in [0.15, 0.2) is 0 Å². The Morgan fingerprint density at radius 1 is 1.14 bits per heavy atom. The van der Waals surface area contributed by atoms with Gasteiger partial charge in [0, 0.05) is 21.5 Å². The van der Waals surface area contributed by atoms with E-state index in [2.05, 4.69) is 46.7 Å². The van der Waals surface area contributed by atoms with Crippen molar-refractivity contribution in [1.82, 2.24) is 4.98 Å². The summed E-state index contributed by atoms with van der Waals surface area (Å²) in [5, 5.41) is 7.62. The van der Waals surface area contributed by atoms with Crippen molar-refractivity contribution in [3.8, 4) is 11.3 Å². The molecule has 3 nitrogen and oxygen atoms in total. The predicted octanol–water partition coefficient (Wildman–Crippen LogP) is 5.22. The SMILES string of the molecule is Cc1ccc(-c2csc(N/N=C/c3ccccc3Cl)n2)cc1. The number of benzene rings is 2. The Labute approximate surface area is 138 Å². The van der Waals surface area contributed by atoms with Crippen molar-refractivity contribution in [2.75, 3.05) is 5.43 Å². The number of thiazole rings is 1. The minimum atomic E-state index is 0.674. The average molecular weight is 328 g/mol. The van der Waals surface area contributed by atoms with Gasteiger partial charge in [0.1, 0.15) is 0 Å². The number of hydrogen-bond donors (Lipinski definition) is 1. The Morgan fingerprint density at radius 2 is 1.91 bits per heavy atom. The lowest BCUT2D eigenvalue weighted by atomic mass is 10.1. The third-order valence-corrected chi connectivity index (χ3v) is 4.21. The van der Waals surface area contributed by atoms with Gasteiger partial charge >= 0.3 is 0 Å². The number of aryl methyl sites for hydroxylation is 1. The van der Waals surface area contributed by atoms with Gasteiger partial charge in [0.25, 0.3) is 0 Å². The first-order valence-electron chi connectivity index (χ1n) is 6.78. The molecular formula is C17H14ClN3S. The summed E-state index contributed by atoms with van der Waals surface area (Å²) in [5.41, 5.74) is 7.09. The van der Waals surface area contributed by atoms with Crippen LogP contribution in [0.2, 0.25) is 5.02 Å². The number of anilines is 1.